The number of rotatable bonds is 5. The molecule has 0 aliphatic heterocycles. The molecule has 0 aromatic heterocycles. The van der Waals surface area contributed by atoms with Gasteiger partial charge in [0.25, 0.3) is 0 Å². The Morgan fingerprint density at radius 2 is 1.50 bits per heavy atom. The van der Waals surface area contributed by atoms with Gasteiger partial charge in [0.1, 0.15) is 0 Å². The summed E-state index contributed by atoms with van der Waals surface area (Å²) in [5.74, 6) is 0.800. The quantitative estimate of drug-likeness (QED) is 0.691. The fourth-order valence-corrected chi connectivity index (χ4v) is 0.635. The average molecular weight is 174 g/mol. The molecule has 0 aromatic carbocycles. The van der Waals surface area contributed by atoms with Crippen molar-refractivity contribution in [3.05, 3.63) is 0 Å². The molecular weight excluding hydrogens is 152 g/mol. The predicted molar refractivity (Wildman–Crippen MR) is 51.1 cm³/mol. The lowest BCUT2D eigenvalue weighted by Gasteiger charge is -2.20. The molecule has 0 aliphatic rings. The fraction of sp³-hybridized carbons (Fsp3) is 1.00. The van der Waals surface area contributed by atoms with Crippen molar-refractivity contribution in [3.8, 4) is 0 Å². The van der Waals surface area contributed by atoms with Crippen LogP contribution in [0.5, 0.6) is 0 Å². The number of ether oxygens (including phenoxy) is 1. The highest BCUT2D eigenvalue weighted by atomic mass is 16.5. The van der Waals surface area contributed by atoms with Gasteiger partial charge in [0, 0.05) is 0 Å². The summed E-state index contributed by atoms with van der Waals surface area (Å²) in [7, 11) is 0. The largest absolute Gasteiger partial charge is 0.390 e. The molecule has 74 valence electrons. The average Bonchev–Trinajstić information content (AvgIpc) is 1.98. The smallest absolute Gasteiger partial charge is 0.0796 e. The molecule has 0 saturated carbocycles. The molecule has 2 heteroatoms. The summed E-state index contributed by atoms with van der Waals surface area (Å²) in [5.41, 5.74) is 0. The summed E-state index contributed by atoms with van der Waals surface area (Å²) < 4.78 is 5.48. The first kappa shape index (κ1) is 11.9. The van der Waals surface area contributed by atoms with Gasteiger partial charge < -0.3 is 9.84 Å². The summed E-state index contributed by atoms with van der Waals surface area (Å²) in [4.78, 5) is 0. The molecule has 0 aliphatic carbocycles. The van der Waals surface area contributed by atoms with E-state index in [1.165, 1.54) is 0 Å². The molecule has 2 unspecified atom stereocenters. The maximum Gasteiger partial charge on any atom is 0.0796 e. The van der Waals surface area contributed by atoms with Crippen LogP contribution in [0.3, 0.4) is 0 Å². The lowest BCUT2D eigenvalue weighted by atomic mass is 10.1. The van der Waals surface area contributed by atoms with Crippen LogP contribution < -0.4 is 0 Å². The second-order valence-corrected chi connectivity index (χ2v) is 4.09. The van der Waals surface area contributed by atoms with Gasteiger partial charge in [0.2, 0.25) is 0 Å². The van der Waals surface area contributed by atoms with E-state index < -0.39 is 0 Å². The van der Waals surface area contributed by atoms with Gasteiger partial charge in [-0.05, 0) is 18.8 Å². The highest BCUT2D eigenvalue weighted by molar-refractivity contribution is 4.61. The van der Waals surface area contributed by atoms with Crippen molar-refractivity contribution in [1.82, 2.24) is 0 Å². The molecule has 2 atom stereocenters. The zero-order valence-electron chi connectivity index (χ0n) is 8.87. The molecule has 0 spiro atoms. The molecule has 2 nitrogen and oxygen atoms in total. The predicted octanol–water partition coefficient (Wildman–Crippen LogP) is 2.06. The molecule has 0 heterocycles. The second kappa shape index (κ2) is 5.55. The SMILES string of the molecule is CC(C)C(O)COC(C)C(C)C. The normalized spacial score (nSPS) is 17.0. The Hall–Kier alpha value is -0.0800. The zero-order valence-corrected chi connectivity index (χ0v) is 8.87. The number of aliphatic hydroxyl groups excluding tert-OH is 1. The van der Waals surface area contributed by atoms with Gasteiger partial charge in [-0.1, -0.05) is 27.7 Å². The Morgan fingerprint density at radius 1 is 1.00 bits per heavy atom. The molecular formula is C10H22O2. The topological polar surface area (TPSA) is 29.5 Å². The zero-order chi connectivity index (χ0) is 9.72. The van der Waals surface area contributed by atoms with Gasteiger partial charge >= 0.3 is 0 Å². The van der Waals surface area contributed by atoms with E-state index in [0.29, 0.717) is 12.5 Å². The van der Waals surface area contributed by atoms with Crippen molar-refractivity contribution in [2.45, 2.75) is 46.8 Å². The number of aliphatic hydroxyl groups is 1. The van der Waals surface area contributed by atoms with Crippen LogP contribution in [0.2, 0.25) is 0 Å². The van der Waals surface area contributed by atoms with E-state index in [9.17, 15) is 5.11 Å². The Kier molecular flexibility index (Phi) is 5.51. The van der Waals surface area contributed by atoms with Crippen LogP contribution in [0.1, 0.15) is 34.6 Å². The van der Waals surface area contributed by atoms with E-state index in [0.717, 1.165) is 0 Å². The van der Waals surface area contributed by atoms with Crippen molar-refractivity contribution < 1.29 is 9.84 Å². The summed E-state index contributed by atoms with van der Waals surface area (Å²) in [6.45, 7) is 10.7. The van der Waals surface area contributed by atoms with Crippen LogP contribution in [-0.4, -0.2) is 23.9 Å². The van der Waals surface area contributed by atoms with E-state index in [2.05, 4.69) is 13.8 Å². The molecule has 0 bridgehead atoms. The van der Waals surface area contributed by atoms with Crippen molar-refractivity contribution in [1.29, 1.82) is 0 Å². The minimum Gasteiger partial charge on any atom is -0.390 e. The number of hydrogen-bond donors (Lipinski definition) is 1. The Labute approximate surface area is 75.9 Å². The molecule has 0 saturated heterocycles. The maximum absolute atomic E-state index is 9.43. The van der Waals surface area contributed by atoms with Crippen molar-refractivity contribution in [2.24, 2.45) is 11.8 Å². The van der Waals surface area contributed by atoms with Crippen LogP contribution in [-0.2, 0) is 4.74 Å². The molecule has 0 radical (unpaired) electrons. The van der Waals surface area contributed by atoms with Gasteiger partial charge in [-0.25, -0.2) is 0 Å². The van der Waals surface area contributed by atoms with Crippen molar-refractivity contribution in [3.63, 3.8) is 0 Å². The van der Waals surface area contributed by atoms with E-state index in [1.807, 2.05) is 20.8 Å². The Morgan fingerprint density at radius 3 is 1.83 bits per heavy atom. The van der Waals surface area contributed by atoms with Gasteiger partial charge in [-0.3, -0.25) is 0 Å². The molecule has 1 N–H and O–H groups in total. The number of hydrogen-bond acceptors (Lipinski definition) is 2. The minimum absolute atomic E-state index is 0.235. The third-order valence-corrected chi connectivity index (χ3v) is 2.24. The van der Waals surface area contributed by atoms with Crippen molar-refractivity contribution in [2.75, 3.05) is 6.61 Å². The van der Waals surface area contributed by atoms with Gasteiger partial charge in [0.15, 0.2) is 0 Å². The summed E-state index contributed by atoms with van der Waals surface area (Å²) in [6.07, 6.45) is -0.0930. The highest BCUT2D eigenvalue weighted by Crippen LogP contribution is 2.08. The Balaban J connectivity index is 3.54. The third kappa shape index (κ3) is 4.73. The summed E-state index contributed by atoms with van der Waals surface area (Å²) >= 11 is 0. The fourth-order valence-electron chi connectivity index (χ4n) is 0.635. The molecule has 0 aromatic rings. The lowest BCUT2D eigenvalue weighted by Crippen LogP contribution is -2.26. The molecule has 0 fully saturated rings. The molecule has 12 heavy (non-hydrogen) atoms. The van der Waals surface area contributed by atoms with Crippen molar-refractivity contribution >= 4 is 0 Å². The molecule has 0 amide bonds. The maximum atomic E-state index is 9.43. The van der Waals surface area contributed by atoms with E-state index >= 15 is 0 Å². The first-order valence-electron chi connectivity index (χ1n) is 4.74. The van der Waals surface area contributed by atoms with Crippen LogP contribution in [0.4, 0.5) is 0 Å². The lowest BCUT2D eigenvalue weighted by molar-refractivity contribution is -0.0342. The highest BCUT2D eigenvalue weighted by Gasteiger charge is 2.13. The minimum atomic E-state index is -0.328. The summed E-state index contributed by atoms with van der Waals surface area (Å²) in [6, 6.07) is 0. The van der Waals surface area contributed by atoms with Crippen LogP contribution in [0.15, 0.2) is 0 Å². The van der Waals surface area contributed by atoms with E-state index in [1.54, 1.807) is 0 Å². The molecule has 0 rings (SSSR count). The first-order chi connectivity index (χ1) is 5.45. The third-order valence-electron chi connectivity index (χ3n) is 2.24. The van der Waals surface area contributed by atoms with Crippen LogP contribution >= 0.6 is 0 Å². The van der Waals surface area contributed by atoms with E-state index in [-0.39, 0.29) is 18.1 Å². The van der Waals surface area contributed by atoms with Crippen LogP contribution in [0.25, 0.3) is 0 Å². The van der Waals surface area contributed by atoms with Crippen LogP contribution in [0, 0.1) is 11.8 Å². The first-order valence-corrected chi connectivity index (χ1v) is 4.74. The van der Waals surface area contributed by atoms with Gasteiger partial charge in [0.05, 0.1) is 18.8 Å². The summed E-state index contributed by atoms with van der Waals surface area (Å²) in [5, 5.41) is 9.43. The van der Waals surface area contributed by atoms with E-state index in [4.69, 9.17) is 4.74 Å². The van der Waals surface area contributed by atoms with Gasteiger partial charge in [-0.15, -0.1) is 0 Å². The monoisotopic (exact) mass is 174 g/mol. The second-order valence-electron chi connectivity index (χ2n) is 4.09. The van der Waals surface area contributed by atoms with Gasteiger partial charge in [-0.2, -0.15) is 0 Å². The standard InChI is InChI=1S/C10H22O2/c1-7(2)9(5)12-6-10(11)8(3)4/h7-11H,6H2,1-5H3. The Bertz CT molecular complexity index is 96.4.